The SMILES string of the molecule is CCCCCC1C=C(OC2O[C@H](CO)CC(O)C2O)C(C/C=C(\C)CCC=C(C)C)=C(O)C1C(=O)O. The van der Waals surface area contributed by atoms with Crippen molar-refractivity contribution in [2.75, 3.05) is 6.61 Å². The first-order valence-corrected chi connectivity index (χ1v) is 13.0. The molecule has 0 saturated carbocycles. The number of rotatable bonds is 13. The number of aliphatic hydroxyl groups excluding tert-OH is 4. The minimum Gasteiger partial charge on any atom is -0.511 e. The Morgan fingerprint density at radius 2 is 1.92 bits per heavy atom. The van der Waals surface area contributed by atoms with Crippen LogP contribution in [0.15, 0.2) is 46.5 Å². The molecule has 1 saturated heterocycles. The van der Waals surface area contributed by atoms with Crippen LogP contribution in [-0.2, 0) is 14.3 Å². The third-order valence-electron chi connectivity index (χ3n) is 6.80. The lowest BCUT2D eigenvalue weighted by Gasteiger charge is -2.38. The van der Waals surface area contributed by atoms with Gasteiger partial charge in [-0.25, -0.2) is 0 Å². The minimum absolute atomic E-state index is 0.0683. The van der Waals surface area contributed by atoms with Crippen molar-refractivity contribution in [3.8, 4) is 0 Å². The molecule has 8 heteroatoms. The van der Waals surface area contributed by atoms with Gasteiger partial charge in [0, 0.05) is 17.9 Å². The molecule has 5 unspecified atom stereocenters. The molecule has 36 heavy (non-hydrogen) atoms. The predicted octanol–water partition coefficient (Wildman–Crippen LogP) is 4.52. The zero-order valence-corrected chi connectivity index (χ0v) is 22.0. The van der Waals surface area contributed by atoms with Gasteiger partial charge in [-0.15, -0.1) is 0 Å². The summed E-state index contributed by atoms with van der Waals surface area (Å²) >= 11 is 0. The van der Waals surface area contributed by atoms with Crippen molar-refractivity contribution in [2.24, 2.45) is 11.8 Å². The van der Waals surface area contributed by atoms with Gasteiger partial charge in [-0.2, -0.15) is 0 Å². The monoisotopic (exact) mass is 508 g/mol. The van der Waals surface area contributed by atoms with Crippen LogP contribution >= 0.6 is 0 Å². The van der Waals surface area contributed by atoms with Crippen molar-refractivity contribution in [3.63, 3.8) is 0 Å². The zero-order valence-electron chi connectivity index (χ0n) is 22.0. The standard InChI is InChI=1S/C28H44O8/c1-5-6-7-11-19-14-23(36-28-26(32)22(30)15-20(16-29)35-28)21(25(31)24(19)27(33)34)13-12-18(4)10-8-9-17(2)3/h9,12,14,19-20,22,24,26,28-32H,5-8,10-11,13,15-16H2,1-4H3,(H,33,34)/b18-12+/t19?,20-,22?,24?,26?,28?/m0/s1. The molecule has 0 bridgehead atoms. The van der Waals surface area contributed by atoms with Crippen molar-refractivity contribution in [1.82, 2.24) is 0 Å². The van der Waals surface area contributed by atoms with E-state index in [-0.39, 0.29) is 31.0 Å². The summed E-state index contributed by atoms with van der Waals surface area (Å²) in [6.07, 6.45) is 6.64. The quantitative estimate of drug-likeness (QED) is 0.181. The average molecular weight is 509 g/mol. The number of carbonyl (C=O) groups is 1. The fourth-order valence-corrected chi connectivity index (χ4v) is 4.63. The number of carboxylic acids is 1. The minimum atomic E-state index is -1.35. The van der Waals surface area contributed by atoms with Gasteiger partial charge in [0.05, 0.1) is 18.8 Å². The highest BCUT2D eigenvalue weighted by Crippen LogP contribution is 2.39. The largest absolute Gasteiger partial charge is 0.511 e. The summed E-state index contributed by atoms with van der Waals surface area (Å²) < 4.78 is 11.7. The summed E-state index contributed by atoms with van der Waals surface area (Å²) in [5, 5.41) is 51.3. The van der Waals surface area contributed by atoms with Gasteiger partial charge < -0.3 is 35.0 Å². The number of hydrogen-bond donors (Lipinski definition) is 5. The Balaban J connectivity index is 2.36. The van der Waals surface area contributed by atoms with Gasteiger partial charge in [-0.05, 0) is 52.5 Å². The first kappa shape index (κ1) is 30.1. The number of aliphatic carboxylic acids is 1. The van der Waals surface area contributed by atoms with E-state index in [2.05, 4.69) is 13.0 Å². The van der Waals surface area contributed by atoms with Crippen molar-refractivity contribution < 1.29 is 39.8 Å². The Morgan fingerprint density at radius 1 is 1.19 bits per heavy atom. The molecule has 204 valence electrons. The van der Waals surface area contributed by atoms with Crippen molar-refractivity contribution >= 4 is 5.97 Å². The predicted molar refractivity (Wildman–Crippen MR) is 137 cm³/mol. The van der Waals surface area contributed by atoms with Crippen LogP contribution in [0, 0.1) is 11.8 Å². The third kappa shape index (κ3) is 8.47. The van der Waals surface area contributed by atoms with Crippen LogP contribution in [0.25, 0.3) is 0 Å². The number of unbranched alkanes of at least 4 members (excludes halogenated alkanes) is 2. The molecule has 2 rings (SSSR count). The van der Waals surface area contributed by atoms with Crippen LogP contribution in [0.5, 0.6) is 0 Å². The molecule has 0 aromatic carbocycles. The lowest BCUT2D eigenvalue weighted by molar-refractivity contribution is -0.258. The van der Waals surface area contributed by atoms with Crippen LogP contribution in [0.1, 0.15) is 79.1 Å². The van der Waals surface area contributed by atoms with Gasteiger partial charge in [0.25, 0.3) is 0 Å². The molecule has 1 heterocycles. The summed E-state index contributed by atoms with van der Waals surface area (Å²) in [6, 6.07) is 0. The zero-order chi connectivity index (χ0) is 26.8. The first-order valence-electron chi connectivity index (χ1n) is 13.0. The summed E-state index contributed by atoms with van der Waals surface area (Å²) in [6.45, 7) is 7.79. The maximum Gasteiger partial charge on any atom is 0.314 e. The number of carboxylic acid groups (broad SMARTS) is 1. The second-order valence-electron chi connectivity index (χ2n) is 10.2. The number of aliphatic hydroxyl groups is 4. The van der Waals surface area contributed by atoms with Gasteiger partial charge in [0.1, 0.15) is 23.5 Å². The Kier molecular flexibility index (Phi) is 12.2. The Labute approximate surface area is 214 Å². The highest BCUT2D eigenvalue weighted by molar-refractivity contribution is 5.75. The van der Waals surface area contributed by atoms with E-state index < -0.39 is 42.4 Å². The van der Waals surface area contributed by atoms with Crippen LogP contribution in [0.3, 0.4) is 0 Å². The molecule has 0 amide bonds. The van der Waals surface area contributed by atoms with Gasteiger partial charge in [-0.3, -0.25) is 4.79 Å². The topological polar surface area (TPSA) is 137 Å². The molecule has 0 aromatic rings. The normalized spacial score (nSPS) is 29.1. The second-order valence-corrected chi connectivity index (χ2v) is 10.2. The molecule has 8 nitrogen and oxygen atoms in total. The Bertz CT molecular complexity index is 852. The van der Waals surface area contributed by atoms with E-state index in [1.54, 1.807) is 6.08 Å². The average Bonchev–Trinajstić information content (AvgIpc) is 2.81. The lowest BCUT2D eigenvalue weighted by atomic mass is 9.79. The number of ether oxygens (including phenoxy) is 2. The molecule has 0 aromatic heterocycles. The van der Waals surface area contributed by atoms with E-state index in [9.17, 15) is 30.3 Å². The molecular weight excluding hydrogens is 464 g/mol. The molecule has 1 aliphatic heterocycles. The maximum atomic E-state index is 12.2. The highest BCUT2D eigenvalue weighted by atomic mass is 16.7. The fraction of sp³-hybridized carbons (Fsp3) is 0.679. The van der Waals surface area contributed by atoms with E-state index >= 15 is 0 Å². The molecule has 1 fully saturated rings. The molecule has 0 radical (unpaired) electrons. The molecule has 5 N–H and O–H groups in total. The van der Waals surface area contributed by atoms with E-state index in [0.29, 0.717) is 12.0 Å². The maximum absolute atomic E-state index is 12.2. The number of hydrogen-bond acceptors (Lipinski definition) is 7. The van der Waals surface area contributed by atoms with Gasteiger partial charge in [-0.1, -0.05) is 49.5 Å². The summed E-state index contributed by atoms with van der Waals surface area (Å²) in [5.74, 6) is -2.68. The van der Waals surface area contributed by atoms with Crippen molar-refractivity contribution in [1.29, 1.82) is 0 Å². The summed E-state index contributed by atoms with van der Waals surface area (Å²) in [5.41, 5.74) is 2.66. The van der Waals surface area contributed by atoms with Gasteiger partial charge in [0.15, 0.2) is 0 Å². The first-order chi connectivity index (χ1) is 17.1. The summed E-state index contributed by atoms with van der Waals surface area (Å²) in [7, 11) is 0. The molecule has 0 spiro atoms. The van der Waals surface area contributed by atoms with E-state index in [1.807, 2.05) is 26.8 Å². The molecule has 6 atom stereocenters. The molecule has 2 aliphatic rings. The van der Waals surface area contributed by atoms with E-state index in [1.165, 1.54) is 5.57 Å². The number of allylic oxidation sites excluding steroid dienone is 6. The van der Waals surface area contributed by atoms with Crippen molar-refractivity contribution in [3.05, 3.63) is 46.5 Å². The smallest absolute Gasteiger partial charge is 0.314 e. The van der Waals surface area contributed by atoms with Crippen LogP contribution in [0.4, 0.5) is 0 Å². The molecule has 1 aliphatic carbocycles. The fourth-order valence-electron chi connectivity index (χ4n) is 4.63. The Morgan fingerprint density at radius 3 is 2.53 bits per heavy atom. The third-order valence-corrected chi connectivity index (χ3v) is 6.80. The molecular formula is C28H44O8. The highest BCUT2D eigenvalue weighted by Gasteiger charge is 2.42. The van der Waals surface area contributed by atoms with Gasteiger partial charge >= 0.3 is 5.97 Å². The van der Waals surface area contributed by atoms with Crippen molar-refractivity contribution in [2.45, 2.75) is 104 Å². The van der Waals surface area contributed by atoms with Crippen LogP contribution in [0.2, 0.25) is 0 Å². The van der Waals surface area contributed by atoms with Gasteiger partial charge in [0.2, 0.25) is 6.29 Å². The van der Waals surface area contributed by atoms with E-state index in [4.69, 9.17) is 9.47 Å². The van der Waals surface area contributed by atoms with Crippen LogP contribution in [-0.4, -0.2) is 62.7 Å². The summed E-state index contributed by atoms with van der Waals surface area (Å²) in [4.78, 5) is 12.2. The lowest BCUT2D eigenvalue weighted by Crippen LogP contribution is -2.50. The van der Waals surface area contributed by atoms with Crippen LogP contribution < -0.4 is 0 Å². The second kappa shape index (κ2) is 14.6. The van der Waals surface area contributed by atoms with E-state index in [0.717, 1.165) is 37.7 Å². The Hall–Kier alpha value is -2.13.